The largest absolute Gasteiger partial charge is 0.497 e. The van der Waals surface area contributed by atoms with Crippen molar-refractivity contribution in [2.24, 2.45) is 0 Å². The molecule has 2 aromatic carbocycles. The van der Waals surface area contributed by atoms with Crippen molar-refractivity contribution in [3.05, 3.63) is 54.1 Å². The number of carboxylic acids is 1. The van der Waals surface area contributed by atoms with Gasteiger partial charge >= 0.3 is 5.97 Å². The van der Waals surface area contributed by atoms with Gasteiger partial charge in [-0.1, -0.05) is 18.2 Å². The Kier molecular flexibility index (Phi) is 6.28. The van der Waals surface area contributed by atoms with E-state index in [1.54, 1.807) is 19.2 Å². The van der Waals surface area contributed by atoms with Crippen molar-refractivity contribution in [1.82, 2.24) is 0 Å². The highest BCUT2D eigenvalue weighted by Crippen LogP contribution is 2.21. The number of aliphatic carboxylic acids is 1. The van der Waals surface area contributed by atoms with E-state index in [9.17, 15) is 4.79 Å². The average Bonchev–Trinajstić information content (AvgIpc) is 2.60. The Morgan fingerprint density at radius 2 is 1.72 bits per heavy atom. The molecule has 0 radical (unpaired) electrons. The Morgan fingerprint density at radius 3 is 2.36 bits per heavy atom. The number of carboxylic acid groups (broad SMARTS) is 1. The van der Waals surface area contributed by atoms with Gasteiger partial charge in [-0.25, -0.2) is 4.79 Å². The van der Waals surface area contributed by atoms with Crippen molar-refractivity contribution in [2.75, 3.05) is 13.7 Å². The molecule has 1 N–H and O–H groups in total. The summed E-state index contributed by atoms with van der Waals surface area (Å²) in [5.74, 6) is 1.12. The second kappa shape index (κ2) is 8.42. The van der Waals surface area contributed by atoms with E-state index in [-0.39, 0.29) is 0 Å². The van der Waals surface area contributed by atoms with E-state index in [0.29, 0.717) is 12.4 Å². The number of ether oxygens (including phenoxy) is 3. The summed E-state index contributed by atoms with van der Waals surface area (Å²) in [6.07, 6.45) is 1.74. The lowest BCUT2D eigenvalue weighted by Crippen LogP contribution is -2.37. The molecule has 0 spiro atoms. The molecule has 0 aromatic heterocycles. The molecule has 5 heteroatoms. The van der Waals surface area contributed by atoms with Crippen LogP contribution in [-0.2, 0) is 11.2 Å². The lowest BCUT2D eigenvalue weighted by Gasteiger charge is -2.21. The fourth-order valence-corrected chi connectivity index (χ4v) is 2.22. The molecule has 2 aromatic rings. The molecule has 0 aliphatic rings. The molecule has 0 atom stereocenters. The van der Waals surface area contributed by atoms with Crippen LogP contribution in [0.25, 0.3) is 0 Å². The third-order valence-corrected chi connectivity index (χ3v) is 3.73. The van der Waals surface area contributed by atoms with Gasteiger partial charge in [0.2, 0.25) is 0 Å². The summed E-state index contributed by atoms with van der Waals surface area (Å²) < 4.78 is 16.4. The Hall–Kier alpha value is -2.69. The Balaban J connectivity index is 1.78. The predicted octanol–water partition coefficient (Wildman–Crippen LogP) is 3.95. The molecular weight excluding hydrogens is 320 g/mol. The van der Waals surface area contributed by atoms with Gasteiger partial charge in [0.15, 0.2) is 5.60 Å². The third kappa shape index (κ3) is 5.71. The van der Waals surface area contributed by atoms with Gasteiger partial charge in [0.1, 0.15) is 17.2 Å². The second-order valence-corrected chi connectivity index (χ2v) is 6.19. The van der Waals surface area contributed by atoms with Crippen molar-refractivity contribution in [3.63, 3.8) is 0 Å². The summed E-state index contributed by atoms with van der Waals surface area (Å²) in [5, 5.41) is 9.08. The van der Waals surface area contributed by atoms with E-state index in [2.05, 4.69) is 0 Å². The minimum absolute atomic E-state index is 0.545. The zero-order valence-corrected chi connectivity index (χ0v) is 14.8. The molecule has 134 valence electrons. The lowest BCUT2D eigenvalue weighted by molar-refractivity contribution is -0.152. The SMILES string of the molecule is COc1cccc(OCCCc2ccc(OC(C)(C)C(=O)O)cc2)c1. The van der Waals surface area contributed by atoms with E-state index in [1.165, 1.54) is 13.8 Å². The zero-order chi connectivity index (χ0) is 18.3. The standard InChI is InChI=1S/C20H24O5/c1-20(2,19(21)22)25-16-11-9-15(10-12-16)6-5-13-24-18-8-4-7-17(14-18)23-3/h4,7-12,14H,5-6,13H2,1-3H3,(H,21,22). The fraction of sp³-hybridized carbons (Fsp3) is 0.350. The quantitative estimate of drug-likeness (QED) is 0.698. The molecule has 5 nitrogen and oxygen atoms in total. The monoisotopic (exact) mass is 344 g/mol. The summed E-state index contributed by atoms with van der Waals surface area (Å²) >= 11 is 0. The molecule has 0 aliphatic carbocycles. The van der Waals surface area contributed by atoms with Gasteiger partial charge in [-0.05, 0) is 56.5 Å². The number of carbonyl (C=O) groups is 1. The van der Waals surface area contributed by atoms with Crippen molar-refractivity contribution < 1.29 is 24.1 Å². The summed E-state index contributed by atoms with van der Waals surface area (Å²) in [4.78, 5) is 11.1. The first-order chi connectivity index (χ1) is 11.9. The van der Waals surface area contributed by atoms with Gasteiger partial charge < -0.3 is 19.3 Å². The number of benzene rings is 2. The fourth-order valence-electron chi connectivity index (χ4n) is 2.22. The smallest absolute Gasteiger partial charge is 0.347 e. The van der Waals surface area contributed by atoms with Crippen LogP contribution in [0, 0.1) is 0 Å². The van der Waals surface area contributed by atoms with E-state index >= 15 is 0 Å². The minimum Gasteiger partial charge on any atom is -0.497 e. The highest BCUT2D eigenvalue weighted by Gasteiger charge is 2.29. The van der Waals surface area contributed by atoms with Crippen LogP contribution in [0.1, 0.15) is 25.8 Å². The normalized spacial score (nSPS) is 11.0. The molecule has 2 rings (SSSR count). The Bertz CT molecular complexity index is 691. The Morgan fingerprint density at radius 1 is 1.04 bits per heavy atom. The van der Waals surface area contributed by atoms with Crippen LogP contribution in [0.2, 0.25) is 0 Å². The predicted molar refractivity (Wildman–Crippen MR) is 95.6 cm³/mol. The molecule has 0 bridgehead atoms. The molecule has 25 heavy (non-hydrogen) atoms. The first-order valence-electron chi connectivity index (χ1n) is 8.19. The topological polar surface area (TPSA) is 65.0 Å². The van der Waals surface area contributed by atoms with Gasteiger partial charge in [0, 0.05) is 6.07 Å². The van der Waals surface area contributed by atoms with Crippen molar-refractivity contribution >= 4 is 5.97 Å². The summed E-state index contributed by atoms with van der Waals surface area (Å²) in [7, 11) is 1.63. The summed E-state index contributed by atoms with van der Waals surface area (Å²) in [6.45, 7) is 3.66. The molecule has 0 aliphatic heterocycles. The maximum absolute atomic E-state index is 11.1. The molecular formula is C20H24O5. The van der Waals surface area contributed by atoms with Gasteiger partial charge in [0.25, 0.3) is 0 Å². The number of rotatable bonds is 9. The van der Waals surface area contributed by atoms with Crippen LogP contribution in [0.3, 0.4) is 0 Å². The maximum atomic E-state index is 11.1. The van der Waals surface area contributed by atoms with E-state index in [4.69, 9.17) is 19.3 Å². The van der Waals surface area contributed by atoms with Gasteiger partial charge in [0.05, 0.1) is 13.7 Å². The van der Waals surface area contributed by atoms with Crippen LogP contribution in [0.4, 0.5) is 0 Å². The van der Waals surface area contributed by atoms with Crippen molar-refractivity contribution in [2.45, 2.75) is 32.3 Å². The van der Waals surface area contributed by atoms with E-state index < -0.39 is 11.6 Å². The number of aryl methyl sites for hydroxylation is 1. The third-order valence-electron chi connectivity index (χ3n) is 3.73. The number of methoxy groups -OCH3 is 1. The van der Waals surface area contributed by atoms with Crippen molar-refractivity contribution in [3.8, 4) is 17.2 Å². The zero-order valence-electron chi connectivity index (χ0n) is 14.8. The molecule has 0 saturated carbocycles. The first kappa shape index (κ1) is 18.6. The summed E-state index contributed by atoms with van der Waals surface area (Å²) in [6, 6.07) is 15.0. The van der Waals surface area contributed by atoms with Gasteiger partial charge in [-0.3, -0.25) is 0 Å². The highest BCUT2D eigenvalue weighted by molar-refractivity contribution is 5.76. The summed E-state index contributed by atoms with van der Waals surface area (Å²) in [5.41, 5.74) is -0.0961. The van der Waals surface area contributed by atoms with Gasteiger partial charge in [-0.15, -0.1) is 0 Å². The average molecular weight is 344 g/mol. The van der Waals surface area contributed by atoms with Crippen LogP contribution in [0.15, 0.2) is 48.5 Å². The molecule has 0 unspecified atom stereocenters. The van der Waals surface area contributed by atoms with Crippen LogP contribution in [-0.4, -0.2) is 30.4 Å². The van der Waals surface area contributed by atoms with Crippen LogP contribution >= 0.6 is 0 Å². The number of hydrogen-bond donors (Lipinski definition) is 1. The molecule has 0 heterocycles. The van der Waals surface area contributed by atoms with Gasteiger partial charge in [-0.2, -0.15) is 0 Å². The lowest BCUT2D eigenvalue weighted by atomic mass is 10.1. The second-order valence-electron chi connectivity index (χ2n) is 6.19. The van der Waals surface area contributed by atoms with E-state index in [1.807, 2.05) is 36.4 Å². The maximum Gasteiger partial charge on any atom is 0.347 e. The first-order valence-corrected chi connectivity index (χ1v) is 8.19. The molecule has 0 fully saturated rings. The molecule has 0 amide bonds. The minimum atomic E-state index is -1.24. The molecule has 0 saturated heterocycles. The van der Waals surface area contributed by atoms with E-state index in [0.717, 1.165) is 29.9 Å². The van der Waals surface area contributed by atoms with Crippen molar-refractivity contribution in [1.29, 1.82) is 0 Å². The van der Waals surface area contributed by atoms with Crippen LogP contribution in [0.5, 0.6) is 17.2 Å². The van der Waals surface area contributed by atoms with Crippen LogP contribution < -0.4 is 14.2 Å². The number of hydrogen-bond acceptors (Lipinski definition) is 4. The Labute approximate surface area is 148 Å². The highest BCUT2D eigenvalue weighted by atomic mass is 16.5.